The van der Waals surface area contributed by atoms with Crippen molar-refractivity contribution in [1.82, 2.24) is 10.3 Å². The first-order valence-corrected chi connectivity index (χ1v) is 6.49. The summed E-state index contributed by atoms with van der Waals surface area (Å²) in [4.78, 5) is 4.13. The fraction of sp³-hybridized carbons (Fsp3) is 0.118. The first-order valence-electron chi connectivity index (χ1n) is 6.49. The van der Waals surface area contributed by atoms with Crippen molar-refractivity contribution in [3.05, 3.63) is 78.1 Å². The molecule has 0 aliphatic heterocycles. The molecule has 0 fully saturated rings. The van der Waals surface area contributed by atoms with Gasteiger partial charge in [-0.2, -0.15) is 0 Å². The average Bonchev–Trinajstić information content (AvgIpc) is 2.48. The lowest BCUT2D eigenvalue weighted by molar-refractivity contribution is 0.694. The van der Waals surface area contributed by atoms with Crippen LogP contribution < -0.4 is 5.32 Å². The third-order valence-corrected chi connectivity index (χ3v) is 3.21. The Morgan fingerprint density at radius 3 is 2.53 bits per heavy atom. The van der Waals surface area contributed by atoms with Crippen LogP contribution in [-0.2, 0) is 13.1 Å². The molecule has 19 heavy (non-hydrogen) atoms. The van der Waals surface area contributed by atoms with Gasteiger partial charge in [0.15, 0.2) is 0 Å². The predicted molar refractivity (Wildman–Crippen MR) is 78.7 cm³/mol. The molecule has 0 saturated heterocycles. The molecule has 0 unspecified atom stereocenters. The van der Waals surface area contributed by atoms with E-state index in [0.717, 1.165) is 13.1 Å². The zero-order chi connectivity index (χ0) is 12.9. The Kier molecular flexibility index (Phi) is 3.52. The van der Waals surface area contributed by atoms with E-state index in [9.17, 15) is 0 Å². The molecule has 94 valence electrons. The zero-order valence-electron chi connectivity index (χ0n) is 10.7. The summed E-state index contributed by atoms with van der Waals surface area (Å²) in [7, 11) is 0. The first-order chi connectivity index (χ1) is 9.42. The minimum absolute atomic E-state index is 0.882. The van der Waals surface area contributed by atoms with Crippen molar-refractivity contribution in [3.8, 4) is 0 Å². The third-order valence-electron chi connectivity index (χ3n) is 3.21. The number of fused-ring (bicyclic) bond motifs is 1. The van der Waals surface area contributed by atoms with Crippen LogP contribution in [0.25, 0.3) is 10.8 Å². The van der Waals surface area contributed by atoms with Gasteiger partial charge >= 0.3 is 0 Å². The van der Waals surface area contributed by atoms with E-state index in [-0.39, 0.29) is 0 Å². The molecule has 0 spiro atoms. The Hall–Kier alpha value is -2.19. The van der Waals surface area contributed by atoms with Crippen LogP contribution in [0.15, 0.2) is 67.0 Å². The minimum Gasteiger partial charge on any atom is -0.309 e. The summed E-state index contributed by atoms with van der Waals surface area (Å²) in [6.07, 6.45) is 3.74. The van der Waals surface area contributed by atoms with Crippen molar-refractivity contribution < 1.29 is 0 Å². The van der Waals surface area contributed by atoms with Gasteiger partial charge in [-0.05, 0) is 28.6 Å². The second-order valence-electron chi connectivity index (χ2n) is 4.65. The number of nitrogens with one attached hydrogen (secondary N) is 1. The highest BCUT2D eigenvalue weighted by Crippen LogP contribution is 2.14. The van der Waals surface area contributed by atoms with Crippen molar-refractivity contribution in [2.24, 2.45) is 0 Å². The normalized spacial score (nSPS) is 10.7. The molecule has 3 rings (SSSR count). The highest BCUT2D eigenvalue weighted by Gasteiger charge is 1.97. The fourth-order valence-electron chi connectivity index (χ4n) is 2.19. The molecule has 2 aromatic carbocycles. The second kappa shape index (κ2) is 5.63. The van der Waals surface area contributed by atoms with Crippen LogP contribution in [0.3, 0.4) is 0 Å². The molecule has 2 nitrogen and oxygen atoms in total. The number of pyridine rings is 1. The third kappa shape index (κ3) is 2.98. The van der Waals surface area contributed by atoms with Gasteiger partial charge in [0.1, 0.15) is 0 Å². The SMILES string of the molecule is c1ccc(CNCc2ccc3cnccc3c2)cc1. The summed E-state index contributed by atoms with van der Waals surface area (Å²) < 4.78 is 0. The summed E-state index contributed by atoms with van der Waals surface area (Å²) in [5, 5.41) is 5.90. The molecule has 0 aliphatic rings. The monoisotopic (exact) mass is 248 g/mol. The van der Waals surface area contributed by atoms with Gasteiger partial charge in [-0.25, -0.2) is 0 Å². The van der Waals surface area contributed by atoms with E-state index in [1.54, 1.807) is 0 Å². The Balaban J connectivity index is 1.65. The fourth-order valence-corrected chi connectivity index (χ4v) is 2.19. The topological polar surface area (TPSA) is 24.9 Å². The lowest BCUT2D eigenvalue weighted by Gasteiger charge is -2.06. The van der Waals surface area contributed by atoms with E-state index in [2.05, 4.69) is 58.8 Å². The zero-order valence-corrected chi connectivity index (χ0v) is 10.7. The molecule has 0 saturated carbocycles. The van der Waals surface area contributed by atoms with E-state index >= 15 is 0 Å². The smallest absolute Gasteiger partial charge is 0.0346 e. The Bertz CT molecular complexity index is 662. The van der Waals surface area contributed by atoms with Crippen molar-refractivity contribution in [1.29, 1.82) is 0 Å². The Labute approximate surface area is 113 Å². The summed E-state index contributed by atoms with van der Waals surface area (Å²) >= 11 is 0. The number of aromatic nitrogens is 1. The Morgan fingerprint density at radius 2 is 1.63 bits per heavy atom. The van der Waals surface area contributed by atoms with Gasteiger partial charge in [0.2, 0.25) is 0 Å². The minimum atomic E-state index is 0.882. The molecule has 2 heteroatoms. The molecule has 0 bridgehead atoms. The molecule has 1 N–H and O–H groups in total. The van der Waals surface area contributed by atoms with Crippen LogP contribution in [-0.4, -0.2) is 4.98 Å². The van der Waals surface area contributed by atoms with Crippen molar-refractivity contribution >= 4 is 10.8 Å². The highest BCUT2D eigenvalue weighted by atomic mass is 14.8. The molecule has 0 amide bonds. The van der Waals surface area contributed by atoms with E-state index in [0.29, 0.717) is 0 Å². The summed E-state index contributed by atoms with van der Waals surface area (Å²) in [6.45, 7) is 1.78. The van der Waals surface area contributed by atoms with Gasteiger partial charge in [0.25, 0.3) is 0 Å². The van der Waals surface area contributed by atoms with E-state index < -0.39 is 0 Å². The van der Waals surface area contributed by atoms with Gasteiger partial charge < -0.3 is 5.32 Å². The van der Waals surface area contributed by atoms with Gasteiger partial charge in [-0.1, -0.05) is 42.5 Å². The molecule has 0 atom stereocenters. The highest BCUT2D eigenvalue weighted by molar-refractivity contribution is 5.81. The van der Waals surface area contributed by atoms with Crippen LogP contribution in [0.1, 0.15) is 11.1 Å². The molecule has 3 aromatic rings. The maximum atomic E-state index is 4.13. The maximum Gasteiger partial charge on any atom is 0.0346 e. The average molecular weight is 248 g/mol. The summed E-state index contributed by atoms with van der Waals surface area (Å²) in [6, 6.07) is 19.0. The largest absolute Gasteiger partial charge is 0.309 e. The van der Waals surface area contributed by atoms with Crippen LogP contribution in [0.2, 0.25) is 0 Å². The Morgan fingerprint density at radius 1 is 0.789 bits per heavy atom. The molecule has 0 radical (unpaired) electrons. The second-order valence-corrected chi connectivity index (χ2v) is 4.65. The quantitative estimate of drug-likeness (QED) is 0.764. The first kappa shape index (κ1) is 11.9. The molecule has 1 heterocycles. The molecule has 1 aromatic heterocycles. The van der Waals surface area contributed by atoms with Gasteiger partial charge in [-0.15, -0.1) is 0 Å². The van der Waals surface area contributed by atoms with Crippen LogP contribution >= 0.6 is 0 Å². The lowest BCUT2D eigenvalue weighted by Crippen LogP contribution is -2.12. The maximum absolute atomic E-state index is 4.13. The molecular formula is C17H16N2. The van der Waals surface area contributed by atoms with Gasteiger partial charge in [-0.3, -0.25) is 4.98 Å². The number of nitrogens with zero attached hydrogens (tertiary/aromatic N) is 1. The van der Waals surface area contributed by atoms with Crippen LogP contribution in [0.5, 0.6) is 0 Å². The number of rotatable bonds is 4. The lowest BCUT2D eigenvalue weighted by atomic mass is 10.1. The molecular weight excluding hydrogens is 232 g/mol. The van der Waals surface area contributed by atoms with Gasteiger partial charge in [0, 0.05) is 30.9 Å². The number of benzene rings is 2. The van der Waals surface area contributed by atoms with E-state index in [1.807, 2.05) is 18.5 Å². The van der Waals surface area contributed by atoms with E-state index in [4.69, 9.17) is 0 Å². The standard InChI is InChI=1S/C17H16N2/c1-2-4-14(5-3-1)11-19-12-15-6-7-17-13-18-9-8-16(17)10-15/h1-10,13,19H,11-12H2. The molecule has 0 aliphatic carbocycles. The predicted octanol–water partition coefficient (Wildman–Crippen LogP) is 3.52. The van der Waals surface area contributed by atoms with Crippen LogP contribution in [0, 0.1) is 0 Å². The number of hydrogen-bond donors (Lipinski definition) is 1. The van der Waals surface area contributed by atoms with Crippen molar-refractivity contribution in [3.63, 3.8) is 0 Å². The van der Waals surface area contributed by atoms with Crippen molar-refractivity contribution in [2.45, 2.75) is 13.1 Å². The van der Waals surface area contributed by atoms with Crippen LogP contribution in [0.4, 0.5) is 0 Å². The van der Waals surface area contributed by atoms with E-state index in [1.165, 1.54) is 21.9 Å². The summed E-state index contributed by atoms with van der Waals surface area (Å²) in [5.41, 5.74) is 2.61. The van der Waals surface area contributed by atoms with Crippen molar-refractivity contribution in [2.75, 3.05) is 0 Å². The van der Waals surface area contributed by atoms with Gasteiger partial charge in [0.05, 0.1) is 0 Å². The summed E-state index contributed by atoms with van der Waals surface area (Å²) in [5.74, 6) is 0. The number of hydrogen-bond acceptors (Lipinski definition) is 2.